The zero-order valence-corrected chi connectivity index (χ0v) is 8.23. The molecular formula is C8H17N3O3. The van der Waals surface area contributed by atoms with Gasteiger partial charge >= 0.3 is 5.97 Å². The average Bonchev–Trinajstić information content (AvgIpc) is 2.16. The second-order valence-electron chi connectivity index (χ2n) is 2.96. The number of aliphatic imine (C=N–C) groups is 1. The molecule has 0 saturated carbocycles. The summed E-state index contributed by atoms with van der Waals surface area (Å²) >= 11 is 0. The highest BCUT2D eigenvalue weighted by Crippen LogP contribution is 2.04. The minimum absolute atomic E-state index is 0.199. The Bertz CT molecular complexity index is 206. The standard InChI is InChI=1S/C8H17N3O3/c1-6(11-14)10-7(8(12)13)4-2-3-5-9/h7,14H,2-5,9H2,1H3,(H,10,11)(H,12,13). The van der Waals surface area contributed by atoms with Gasteiger partial charge in [0.15, 0.2) is 0 Å². The van der Waals surface area contributed by atoms with Gasteiger partial charge in [-0.05, 0) is 32.7 Å². The van der Waals surface area contributed by atoms with E-state index >= 15 is 0 Å². The van der Waals surface area contributed by atoms with Crippen LogP contribution in [0.5, 0.6) is 0 Å². The first-order chi connectivity index (χ1) is 6.61. The molecule has 82 valence electrons. The second-order valence-corrected chi connectivity index (χ2v) is 2.96. The summed E-state index contributed by atoms with van der Waals surface area (Å²) in [5, 5.41) is 17.2. The highest BCUT2D eigenvalue weighted by atomic mass is 16.5. The van der Waals surface area contributed by atoms with Crippen LogP contribution in [0.25, 0.3) is 0 Å². The number of aliphatic carboxylic acids is 1. The molecule has 1 atom stereocenters. The van der Waals surface area contributed by atoms with E-state index in [-0.39, 0.29) is 5.84 Å². The quantitative estimate of drug-likeness (QED) is 0.210. The molecule has 0 rings (SSSR count). The monoisotopic (exact) mass is 203 g/mol. The summed E-state index contributed by atoms with van der Waals surface area (Å²) in [5.41, 5.74) is 7.09. The van der Waals surface area contributed by atoms with Gasteiger partial charge in [-0.1, -0.05) is 0 Å². The number of amidine groups is 1. The number of hydrogen-bond acceptors (Lipinski definition) is 4. The number of hydrogen-bond donors (Lipinski definition) is 4. The van der Waals surface area contributed by atoms with E-state index in [4.69, 9.17) is 16.0 Å². The van der Waals surface area contributed by atoms with Crippen LogP contribution in [0, 0.1) is 0 Å². The number of nitrogens with zero attached hydrogens (tertiary/aromatic N) is 1. The average molecular weight is 203 g/mol. The molecule has 1 unspecified atom stereocenters. The fraction of sp³-hybridized carbons (Fsp3) is 0.750. The van der Waals surface area contributed by atoms with Gasteiger partial charge in [-0.25, -0.2) is 4.79 Å². The molecule has 0 aliphatic carbocycles. The van der Waals surface area contributed by atoms with Crippen molar-refractivity contribution in [2.45, 2.75) is 32.2 Å². The van der Waals surface area contributed by atoms with Gasteiger partial charge in [-0.2, -0.15) is 0 Å². The fourth-order valence-corrected chi connectivity index (χ4v) is 0.988. The molecule has 0 amide bonds. The molecule has 0 bridgehead atoms. The van der Waals surface area contributed by atoms with E-state index in [9.17, 15) is 4.79 Å². The van der Waals surface area contributed by atoms with Crippen molar-refractivity contribution in [2.75, 3.05) is 6.54 Å². The molecule has 0 spiro atoms. The van der Waals surface area contributed by atoms with Gasteiger partial charge in [0.05, 0.1) is 0 Å². The van der Waals surface area contributed by atoms with Gasteiger partial charge in [-0.15, -0.1) is 0 Å². The smallest absolute Gasteiger partial charge is 0.328 e. The molecule has 0 heterocycles. The number of carbonyl (C=O) groups is 1. The van der Waals surface area contributed by atoms with Crippen molar-refractivity contribution in [2.24, 2.45) is 10.7 Å². The Morgan fingerprint density at radius 2 is 2.21 bits per heavy atom. The largest absolute Gasteiger partial charge is 0.480 e. The van der Waals surface area contributed by atoms with Crippen LogP contribution in [0.3, 0.4) is 0 Å². The van der Waals surface area contributed by atoms with Crippen LogP contribution in [0.15, 0.2) is 4.99 Å². The third kappa shape index (κ3) is 5.50. The van der Waals surface area contributed by atoms with Crippen molar-refractivity contribution >= 4 is 11.8 Å². The molecule has 0 aromatic carbocycles. The van der Waals surface area contributed by atoms with E-state index < -0.39 is 12.0 Å². The molecule has 0 aromatic rings. The Balaban J connectivity index is 4.09. The van der Waals surface area contributed by atoms with Crippen LogP contribution in [0.1, 0.15) is 26.2 Å². The molecule has 0 aliphatic rings. The van der Waals surface area contributed by atoms with Gasteiger partial charge in [0.2, 0.25) is 0 Å². The number of hydroxylamine groups is 1. The summed E-state index contributed by atoms with van der Waals surface area (Å²) in [6, 6.07) is -0.804. The number of unbranched alkanes of at least 4 members (excludes halogenated alkanes) is 1. The molecule has 0 aliphatic heterocycles. The Morgan fingerprint density at radius 3 is 2.64 bits per heavy atom. The van der Waals surface area contributed by atoms with Gasteiger partial charge in [-0.3, -0.25) is 15.7 Å². The van der Waals surface area contributed by atoms with E-state index in [0.717, 1.165) is 12.8 Å². The maximum absolute atomic E-state index is 10.7. The predicted molar refractivity (Wildman–Crippen MR) is 52.4 cm³/mol. The van der Waals surface area contributed by atoms with E-state index in [1.165, 1.54) is 6.92 Å². The number of carboxylic acids is 1. The molecule has 0 radical (unpaired) electrons. The first-order valence-electron chi connectivity index (χ1n) is 4.49. The van der Waals surface area contributed by atoms with Crippen molar-refractivity contribution in [1.82, 2.24) is 5.48 Å². The van der Waals surface area contributed by atoms with Crippen LogP contribution < -0.4 is 11.2 Å². The summed E-state index contributed by atoms with van der Waals surface area (Å²) in [4.78, 5) is 14.5. The fourth-order valence-electron chi connectivity index (χ4n) is 0.988. The lowest BCUT2D eigenvalue weighted by Crippen LogP contribution is -2.24. The first kappa shape index (κ1) is 12.9. The van der Waals surface area contributed by atoms with Gasteiger partial charge in [0.1, 0.15) is 11.9 Å². The van der Waals surface area contributed by atoms with E-state index in [2.05, 4.69) is 4.99 Å². The number of carboxylic acid groups (broad SMARTS) is 1. The van der Waals surface area contributed by atoms with Crippen LogP contribution in [0.2, 0.25) is 0 Å². The molecule has 5 N–H and O–H groups in total. The van der Waals surface area contributed by atoms with E-state index in [1.807, 2.05) is 0 Å². The summed E-state index contributed by atoms with van der Waals surface area (Å²) in [5.74, 6) is -0.790. The second kappa shape index (κ2) is 7.28. The van der Waals surface area contributed by atoms with Gasteiger partial charge in [0, 0.05) is 0 Å². The Hall–Kier alpha value is -1.14. The van der Waals surface area contributed by atoms with E-state index in [1.54, 1.807) is 5.48 Å². The summed E-state index contributed by atoms with van der Waals surface area (Å²) in [6.45, 7) is 2.05. The lowest BCUT2D eigenvalue weighted by Gasteiger charge is -2.08. The topological polar surface area (TPSA) is 108 Å². The summed E-state index contributed by atoms with van der Waals surface area (Å²) in [6.07, 6.45) is 1.94. The Kier molecular flexibility index (Phi) is 6.69. The maximum Gasteiger partial charge on any atom is 0.328 e. The molecule has 6 nitrogen and oxygen atoms in total. The first-order valence-corrected chi connectivity index (χ1v) is 4.49. The lowest BCUT2D eigenvalue weighted by molar-refractivity contribution is -0.138. The van der Waals surface area contributed by atoms with Crippen LogP contribution in [0.4, 0.5) is 0 Å². The number of rotatable bonds is 6. The van der Waals surface area contributed by atoms with Crippen molar-refractivity contribution < 1.29 is 15.1 Å². The van der Waals surface area contributed by atoms with Gasteiger partial charge < -0.3 is 10.8 Å². The molecule has 0 fully saturated rings. The van der Waals surface area contributed by atoms with Crippen LogP contribution >= 0.6 is 0 Å². The zero-order chi connectivity index (χ0) is 11.0. The maximum atomic E-state index is 10.7. The van der Waals surface area contributed by atoms with Crippen LogP contribution in [-0.4, -0.2) is 34.7 Å². The number of nitrogens with two attached hydrogens (primary N) is 1. The molecule has 0 aromatic heterocycles. The van der Waals surface area contributed by atoms with E-state index in [0.29, 0.717) is 13.0 Å². The minimum Gasteiger partial charge on any atom is -0.480 e. The highest BCUT2D eigenvalue weighted by Gasteiger charge is 2.15. The SMILES string of the molecule is CC(=NC(CCCCN)C(=O)O)NO. The lowest BCUT2D eigenvalue weighted by atomic mass is 10.1. The molecular weight excluding hydrogens is 186 g/mol. The molecule has 14 heavy (non-hydrogen) atoms. The Morgan fingerprint density at radius 1 is 1.57 bits per heavy atom. The van der Waals surface area contributed by atoms with Gasteiger partial charge in [0.25, 0.3) is 0 Å². The summed E-state index contributed by atoms with van der Waals surface area (Å²) in [7, 11) is 0. The highest BCUT2D eigenvalue weighted by molar-refractivity contribution is 5.83. The molecule has 6 heteroatoms. The number of nitrogens with one attached hydrogen (secondary N) is 1. The van der Waals surface area contributed by atoms with Crippen molar-refractivity contribution in [3.8, 4) is 0 Å². The normalized spacial score (nSPS) is 13.8. The van der Waals surface area contributed by atoms with Crippen molar-refractivity contribution in [3.05, 3.63) is 0 Å². The third-order valence-corrected chi connectivity index (χ3v) is 1.73. The molecule has 0 saturated heterocycles. The van der Waals surface area contributed by atoms with Crippen molar-refractivity contribution in [1.29, 1.82) is 0 Å². The minimum atomic E-state index is -0.989. The van der Waals surface area contributed by atoms with Crippen LogP contribution in [-0.2, 0) is 4.79 Å². The zero-order valence-electron chi connectivity index (χ0n) is 8.23. The van der Waals surface area contributed by atoms with Crippen molar-refractivity contribution in [3.63, 3.8) is 0 Å². The summed E-state index contributed by atoms with van der Waals surface area (Å²) < 4.78 is 0. The third-order valence-electron chi connectivity index (χ3n) is 1.73. The predicted octanol–water partition coefficient (Wildman–Crippen LogP) is -0.0342. The Labute approximate surface area is 82.8 Å².